The van der Waals surface area contributed by atoms with Crippen molar-refractivity contribution in [1.29, 1.82) is 0 Å². The molecule has 1 heterocycles. The molecule has 0 unspecified atom stereocenters. The second-order valence-corrected chi connectivity index (χ2v) is 7.99. The van der Waals surface area contributed by atoms with Crippen LogP contribution in [-0.4, -0.2) is 33.2 Å². The van der Waals surface area contributed by atoms with Crippen molar-refractivity contribution in [3.05, 3.63) is 88.1 Å². The fraction of sp³-hybridized carbons (Fsp3) is 0.261. The van der Waals surface area contributed by atoms with Crippen LogP contribution in [0.1, 0.15) is 22.0 Å². The number of hydrogen-bond acceptors (Lipinski definition) is 3. The summed E-state index contributed by atoms with van der Waals surface area (Å²) in [6.45, 7) is 0.614. The number of hydrogen-bond donors (Lipinski definition) is 2. The average Bonchev–Trinajstić information content (AvgIpc) is 3.22. The minimum absolute atomic E-state index is 0.0196. The Labute approximate surface area is 170 Å². The summed E-state index contributed by atoms with van der Waals surface area (Å²) in [6.07, 6.45) is 0.781. The highest BCUT2D eigenvalue weighted by Gasteiger charge is 2.19. The Hall–Kier alpha value is -2.63. The fourth-order valence-electron chi connectivity index (χ4n) is 3.10. The monoisotopic (exact) mass is 395 g/mol. The topological polar surface area (TPSA) is 42.8 Å². The van der Waals surface area contributed by atoms with Gasteiger partial charge in [-0.1, -0.05) is 54.6 Å². The van der Waals surface area contributed by atoms with E-state index in [9.17, 15) is 4.79 Å². The Morgan fingerprint density at radius 2 is 1.79 bits per heavy atom. The zero-order chi connectivity index (χ0) is 19.8. The summed E-state index contributed by atoms with van der Waals surface area (Å²) in [7, 11) is 4.21. The molecule has 0 fully saturated rings. The molecule has 5 heteroatoms. The van der Waals surface area contributed by atoms with Gasteiger partial charge in [0.1, 0.15) is 11.8 Å². The van der Waals surface area contributed by atoms with Crippen molar-refractivity contribution in [2.24, 2.45) is 0 Å². The Balaban J connectivity index is 1.55. The molecule has 0 aliphatic carbocycles. The number of likely N-dealkylation sites (N-methyl/N-ethyl adjacent to an activating group) is 1. The number of thiophene rings is 1. The lowest BCUT2D eigenvalue weighted by atomic mass is 10.0. The zero-order valence-corrected chi connectivity index (χ0v) is 17.2. The Kier molecular flexibility index (Phi) is 7.23. The molecule has 0 saturated heterocycles. The van der Waals surface area contributed by atoms with Gasteiger partial charge in [0.25, 0.3) is 5.91 Å². The lowest BCUT2D eigenvalue weighted by molar-refractivity contribution is -0.890. The van der Waals surface area contributed by atoms with E-state index in [-0.39, 0.29) is 18.6 Å². The molecule has 146 valence electrons. The highest BCUT2D eigenvalue weighted by Crippen LogP contribution is 2.21. The molecule has 0 radical (unpaired) electrons. The van der Waals surface area contributed by atoms with Crippen LogP contribution in [0.4, 0.5) is 0 Å². The quantitative estimate of drug-likeness (QED) is 0.585. The van der Waals surface area contributed by atoms with E-state index < -0.39 is 0 Å². The van der Waals surface area contributed by atoms with Gasteiger partial charge in [-0.05, 0) is 28.6 Å². The third-order valence-corrected chi connectivity index (χ3v) is 5.64. The Bertz CT molecular complexity index is 863. The molecular formula is C23H27N2O2S+. The molecule has 0 aliphatic rings. The third-order valence-electron chi connectivity index (χ3n) is 4.66. The SMILES string of the molecule is C[NH+](C)[C@@H](CNC(=O)COc1ccccc1Cc1ccccc1)c1cccs1. The number of carbonyl (C=O) groups is 1. The molecule has 28 heavy (non-hydrogen) atoms. The van der Waals surface area contributed by atoms with E-state index in [2.05, 4.69) is 43.0 Å². The minimum Gasteiger partial charge on any atom is -0.483 e. The summed E-state index contributed by atoms with van der Waals surface area (Å²) in [6, 6.07) is 22.6. The van der Waals surface area contributed by atoms with Crippen LogP contribution in [0.5, 0.6) is 5.75 Å². The van der Waals surface area contributed by atoms with E-state index in [1.165, 1.54) is 15.3 Å². The average molecular weight is 396 g/mol. The van der Waals surface area contributed by atoms with Gasteiger partial charge < -0.3 is 15.0 Å². The summed E-state index contributed by atoms with van der Waals surface area (Å²) in [5.41, 5.74) is 2.30. The Morgan fingerprint density at radius 1 is 1.04 bits per heavy atom. The van der Waals surface area contributed by atoms with Crippen LogP contribution in [0.25, 0.3) is 0 Å². The Morgan fingerprint density at radius 3 is 2.50 bits per heavy atom. The van der Waals surface area contributed by atoms with Crippen molar-refractivity contribution in [2.75, 3.05) is 27.2 Å². The summed E-state index contributed by atoms with van der Waals surface area (Å²) in [5.74, 6) is 0.659. The molecular weight excluding hydrogens is 368 g/mol. The molecule has 0 bridgehead atoms. The first kappa shape index (κ1) is 20.1. The van der Waals surface area contributed by atoms with Crippen LogP contribution in [0.15, 0.2) is 72.1 Å². The predicted molar refractivity (Wildman–Crippen MR) is 114 cm³/mol. The molecule has 2 aromatic carbocycles. The van der Waals surface area contributed by atoms with Crippen LogP contribution in [0.2, 0.25) is 0 Å². The molecule has 3 aromatic rings. The van der Waals surface area contributed by atoms with E-state index in [0.717, 1.165) is 17.7 Å². The largest absolute Gasteiger partial charge is 0.483 e. The predicted octanol–water partition coefficient (Wildman–Crippen LogP) is 2.72. The number of ether oxygens (including phenoxy) is 1. The molecule has 0 spiro atoms. The third kappa shape index (κ3) is 5.68. The first-order chi connectivity index (χ1) is 13.6. The molecule has 0 aliphatic heterocycles. The summed E-state index contributed by atoms with van der Waals surface area (Å²) >= 11 is 1.72. The number of amides is 1. The molecule has 1 atom stereocenters. The molecule has 2 N–H and O–H groups in total. The molecule has 1 aromatic heterocycles. The normalized spacial score (nSPS) is 12.0. The molecule has 1 amide bonds. The van der Waals surface area contributed by atoms with Crippen molar-refractivity contribution in [2.45, 2.75) is 12.5 Å². The van der Waals surface area contributed by atoms with Crippen LogP contribution < -0.4 is 15.0 Å². The summed E-state index contributed by atoms with van der Waals surface area (Å²) in [4.78, 5) is 14.9. The van der Waals surface area contributed by atoms with Crippen LogP contribution in [-0.2, 0) is 11.2 Å². The number of quaternary nitrogens is 1. The lowest BCUT2D eigenvalue weighted by Gasteiger charge is -2.20. The van der Waals surface area contributed by atoms with E-state index in [4.69, 9.17) is 4.74 Å². The maximum absolute atomic E-state index is 12.3. The van der Waals surface area contributed by atoms with E-state index in [0.29, 0.717) is 6.54 Å². The van der Waals surface area contributed by atoms with Gasteiger partial charge in [0.2, 0.25) is 0 Å². The van der Waals surface area contributed by atoms with Gasteiger partial charge >= 0.3 is 0 Å². The van der Waals surface area contributed by atoms with Gasteiger partial charge in [-0.15, -0.1) is 11.3 Å². The van der Waals surface area contributed by atoms with E-state index >= 15 is 0 Å². The van der Waals surface area contributed by atoms with Crippen LogP contribution in [0, 0.1) is 0 Å². The van der Waals surface area contributed by atoms with Crippen molar-refractivity contribution < 1.29 is 14.4 Å². The number of para-hydroxylation sites is 1. The maximum atomic E-state index is 12.3. The van der Waals surface area contributed by atoms with Crippen molar-refractivity contribution >= 4 is 17.2 Å². The number of benzene rings is 2. The summed E-state index contributed by atoms with van der Waals surface area (Å²) in [5, 5.41) is 5.08. The van der Waals surface area contributed by atoms with Gasteiger partial charge in [-0.2, -0.15) is 0 Å². The van der Waals surface area contributed by atoms with Gasteiger partial charge in [0.05, 0.1) is 25.5 Å². The van der Waals surface area contributed by atoms with Gasteiger partial charge in [0.15, 0.2) is 6.61 Å². The van der Waals surface area contributed by atoms with Crippen LogP contribution >= 0.6 is 11.3 Å². The highest BCUT2D eigenvalue weighted by molar-refractivity contribution is 7.10. The standard InChI is InChI=1S/C23H26N2O2S/c1-25(2)20(22-13-8-14-28-22)16-24-23(26)17-27-21-12-7-6-11-19(21)15-18-9-4-3-5-10-18/h3-14,20H,15-17H2,1-2H3,(H,24,26)/p+1/t20-/m0/s1. The second-order valence-electron chi connectivity index (χ2n) is 7.01. The van der Waals surface area contributed by atoms with Crippen molar-refractivity contribution in [3.8, 4) is 5.75 Å². The van der Waals surface area contributed by atoms with Crippen LogP contribution in [0.3, 0.4) is 0 Å². The first-order valence-corrected chi connectivity index (χ1v) is 10.4. The molecule has 3 rings (SSSR count). The van der Waals surface area contributed by atoms with Crippen molar-refractivity contribution in [3.63, 3.8) is 0 Å². The number of carbonyl (C=O) groups excluding carboxylic acids is 1. The van der Waals surface area contributed by atoms with E-state index in [1.807, 2.05) is 48.5 Å². The maximum Gasteiger partial charge on any atom is 0.258 e. The zero-order valence-electron chi connectivity index (χ0n) is 16.4. The second kappa shape index (κ2) is 10.1. The first-order valence-electron chi connectivity index (χ1n) is 9.48. The number of nitrogens with one attached hydrogen (secondary N) is 2. The van der Waals surface area contributed by atoms with E-state index in [1.54, 1.807) is 11.3 Å². The van der Waals surface area contributed by atoms with Gasteiger partial charge in [0, 0.05) is 6.42 Å². The van der Waals surface area contributed by atoms with Crippen molar-refractivity contribution in [1.82, 2.24) is 5.32 Å². The smallest absolute Gasteiger partial charge is 0.258 e. The summed E-state index contributed by atoms with van der Waals surface area (Å²) < 4.78 is 5.84. The van der Waals surface area contributed by atoms with Gasteiger partial charge in [-0.3, -0.25) is 4.79 Å². The minimum atomic E-state index is -0.0997. The fourth-order valence-corrected chi connectivity index (χ4v) is 4.05. The highest BCUT2D eigenvalue weighted by atomic mass is 32.1. The lowest BCUT2D eigenvalue weighted by Crippen LogP contribution is -3.06. The molecule has 0 saturated carbocycles. The number of rotatable bonds is 9. The molecule has 4 nitrogen and oxygen atoms in total. The van der Waals surface area contributed by atoms with Gasteiger partial charge in [-0.25, -0.2) is 0 Å².